The zero-order valence-electron chi connectivity index (χ0n) is 17.7. The fourth-order valence-electron chi connectivity index (χ4n) is 4.55. The molecule has 0 radical (unpaired) electrons. The molecule has 0 N–H and O–H groups in total. The lowest BCUT2D eigenvalue weighted by Gasteiger charge is -2.40. The third-order valence-electron chi connectivity index (χ3n) is 6.52. The van der Waals surface area contributed by atoms with Crippen LogP contribution in [-0.4, -0.2) is 66.0 Å². The lowest BCUT2D eigenvalue weighted by Crippen LogP contribution is -2.55. The molecule has 0 saturated carbocycles. The van der Waals surface area contributed by atoms with Crippen molar-refractivity contribution >= 4 is 11.9 Å². The number of methoxy groups -OCH3 is 1. The zero-order chi connectivity index (χ0) is 21.1. The van der Waals surface area contributed by atoms with E-state index in [4.69, 9.17) is 4.74 Å². The summed E-state index contributed by atoms with van der Waals surface area (Å²) in [5, 5.41) is 0. The average molecular weight is 408 g/mol. The van der Waals surface area contributed by atoms with Crippen LogP contribution in [0.4, 0.5) is 4.79 Å². The van der Waals surface area contributed by atoms with Gasteiger partial charge < -0.3 is 9.64 Å². The standard InChI is InChI=1S/C24H29N3O3/c1-25-23(29)27(15-12-19-6-4-3-5-7-19)22(28)24(25)13-16-26(17-14-24)18-20-8-10-21(30-2)11-9-20/h3-11H,12-18H2,1-2H3. The molecule has 4 rings (SSSR count). The van der Waals surface area contributed by atoms with Crippen LogP contribution in [0.1, 0.15) is 24.0 Å². The summed E-state index contributed by atoms with van der Waals surface area (Å²) >= 11 is 0. The average Bonchev–Trinajstić information content (AvgIpc) is 2.96. The molecule has 0 bridgehead atoms. The molecular weight excluding hydrogens is 378 g/mol. The van der Waals surface area contributed by atoms with Gasteiger partial charge in [0.15, 0.2) is 0 Å². The topological polar surface area (TPSA) is 53.1 Å². The summed E-state index contributed by atoms with van der Waals surface area (Å²) in [6.45, 7) is 2.86. The third-order valence-corrected chi connectivity index (χ3v) is 6.52. The quantitative estimate of drug-likeness (QED) is 0.691. The third kappa shape index (κ3) is 3.79. The molecule has 2 heterocycles. The van der Waals surface area contributed by atoms with Gasteiger partial charge in [0.05, 0.1) is 7.11 Å². The summed E-state index contributed by atoms with van der Waals surface area (Å²) in [6, 6.07) is 17.9. The molecular formula is C24H29N3O3. The fraction of sp³-hybridized carbons (Fsp3) is 0.417. The molecule has 2 aliphatic heterocycles. The first kappa shape index (κ1) is 20.4. The number of rotatable bonds is 6. The van der Waals surface area contributed by atoms with Gasteiger partial charge >= 0.3 is 6.03 Å². The van der Waals surface area contributed by atoms with Crippen LogP contribution in [-0.2, 0) is 17.8 Å². The van der Waals surface area contributed by atoms with Crippen LogP contribution >= 0.6 is 0 Å². The molecule has 2 aromatic rings. The molecule has 1 spiro atoms. The highest BCUT2D eigenvalue weighted by Crippen LogP contribution is 2.36. The van der Waals surface area contributed by atoms with Crippen LogP contribution in [0.25, 0.3) is 0 Å². The zero-order valence-corrected chi connectivity index (χ0v) is 17.7. The van der Waals surface area contributed by atoms with Crippen LogP contribution in [0.15, 0.2) is 54.6 Å². The van der Waals surface area contributed by atoms with Crippen molar-refractivity contribution in [3.05, 3.63) is 65.7 Å². The molecule has 2 saturated heterocycles. The molecule has 0 aromatic heterocycles. The van der Waals surface area contributed by atoms with Crippen LogP contribution < -0.4 is 4.74 Å². The number of benzene rings is 2. The normalized spacial score (nSPS) is 19.0. The maximum Gasteiger partial charge on any atom is 0.327 e. The van der Waals surface area contributed by atoms with Gasteiger partial charge in [0.2, 0.25) is 0 Å². The Morgan fingerprint density at radius 3 is 2.23 bits per heavy atom. The molecule has 158 valence electrons. The lowest BCUT2D eigenvalue weighted by molar-refractivity contribution is -0.135. The molecule has 0 unspecified atom stereocenters. The molecule has 6 heteroatoms. The molecule has 2 fully saturated rings. The minimum Gasteiger partial charge on any atom is -0.497 e. The molecule has 6 nitrogen and oxygen atoms in total. The van der Waals surface area contributed by atoms with Gasteiger partial charge in [-0.25, -0.2) is 4.79 Å². The molecule has 0 atom stereocenters. The van der Waals surface area contributed by atoms with Gasteiger partial charge in [-0.15, -0.1) is 0 Å². The number of likely N-dealkylation sites (tertiary alicyclic amines) is 1. The van der Waals surface area contributed by atoms with Crippen LogP contribution in [0.2, 0.25) is 0 Å². The van der Waals surface area contributed by atoms with Gasteiger partial charge in [-0.05, 0) is 42.5 Å². The molecule has 2 aliphatic rings. The van der Waals surface area contributed by atoms with Crippen molar-refractivity contribution < 1.29 is 14.3 Å². The number of urea groups is 1. The number of hydrogen-bond acceptors (Lipinski definition) is 4. The Hall–Kier alpha value is -2.86. The summed E-state index contributed by atoms with van der Waals surface area (Å²) < 4.78 is 5.22. The van der Waals surface area contributed by atoms with Crippen molar-refractivity contribution in [1.29, 1.82) is 0 Å². The number of carbonyl (C=O) groups excluding carboxylic acids is 2. The van der Waals surface area contributed by atoms with E-state index in [0.29, 0.717) is 25.8 Å². The first-order valence-electron chi connectivity index (χ1n) is 10.5. The Labute approximate surface area is 178 Å². The van der Waals surface area contributed by atoms with E-state index < -0.39 is 5.54 Å². The van der Waals surface area contributed by atoms with E-state index in [1.165, 1.54) is 10.5 Å². The summed E-state index contributed by atoms with van der Waals surface area (Å²) in [7, 11) is 3.44. The highest BCUT2D eigenvalue weighted by atomic mass is 16.5. The maximum atomic E-state index is 13.3. The number of likely N-dealkylation sites (N-methyl/N-ethyl adjacent to an activating group) is 1. The summed E-state index contributed by atoms with van der Waals surface area (Å²) in [4.78, 5) is 31.6. The van der Waals surface area contributed by atoms with Crippen LogP contribution in [0.3, 0.4) is 0 Å². The first-order chi connectivity index (χ1) is 14.5. The minimum absolute atomic E-state index is 0.0324. The number of piperidine rings is 1. The van der Waals surface area contributed by atoms with Gasteiger partial charge in [0, 0.05) is 33.2 Å². The largest absolute Gasteiger partial charge is 0.497 e. The van der Waals surface area contributed by atoms with Crippen molar-refractivity contribution in [1.82, 2.24) is 14.7 Å². The SMILES string of the molecule is COc1ccc(CN2CCC3(CC2)C(=O)N(CCc2ccccc2)C(=O)N3C)cc1. The van der Waals surface area contributed by atoms with Crippen molar-refractivity contribution in [2.75, 3.05) is 33.8 Å². The first-order valence-corrected chi connectivity index (χ1v) is 10.5. The van der Waals surface area contributed by atoms with E-state index in [2.05, 4.69) is 17.0 Å². The number of imide groups is 1. The Balaban J connectivity index is 1.38. The fourth-order valence-corrected chi connectivity index (χ4v) is 4.55. The van der Waals surface area contributed by atoms with E-state index in [1.807, 2.05) is 42.5 Å². The monoisotopic (exact) mass is 407 g/mol. The van der Waals surface area contributed by atoms with Gasteiger partial charge in [0.25, 0.3) is 5.91 Å². The molecule has 3 amide bonds. The molecule has 30 heavy (non-hydrogen) atoms. The minimum atomic E-state index is -0.690. The van der Waals surface area contributed by atoms with E-state index in [-0.39, 0.29) is 11.9 Å². The highest BCUT2D eigenvalue weighted by molar-refractivity contribution is 6.07. The number of ether oxygens (including phenoxy) is 1. The van der Waals surface area contributed by atoms with Gasteiger partial charge in [-0.3, -0.25) is 14.6 Å². The van der Waals surface area contributed by atoms with E-state index in [0.717, 1.165) is 30.9 Å². The van der Waals surface area contributed by atoms with Gasteiger partial charge in [-0.1, -0.05) is 42.5 Å². The Kier molecular flexibility index (Phi) is 5.77. The smallest absolute Gasteiger partial charge is 0.327 e. The Morgan fingerprint density at radius 2 is 1.60 bits per heavy atom. The summed E-state index contributed by atoms with van der Waals surface area (Å²) in [5.41, 5.74) is 1.67. The number of nitrogens with zero attached hydrogens (tertiary/aromatic N) is 3. The lowest BCUT2D eigenvalue weighted by atomic mass is 9.86. The second kappa shape index (κ2) is 8.48. The van der Waals surface area contributed by atoms with Crippen LogP contribution in [0, 0.1) is 0 Å². The molecule has 2 aromatic carbocycles. The predicted octanol–water partition coefficient (Wildman–Crippen LogP) is 3.17. The van der Waals surface area contributed by atoms with Gasteiger partial charge in [-0.2, -0.15) is 0 Å². The van der Waals surface area contributed by atoms with E-state index >= 15 is 0 Å². The van der Waals surface area contributed by atoms with E-state index in [9.17, 15) is 9.59 Å². The second-order valence-electron chi connectivity index (χ2n) is 8.19. The number of amides is 3. The summed E-state index contributed by atoms with van der Waals surface area (Å²) in [5.74, 6) is 0.818. The highest BCUT2D eigenvalue weighted by Gasteiger charge is 2.56. The Morgan fingerprint density at radius 1 is 0.933 bits per heavy atom. The van der Waals surface area contributed by atoms with Gasteiger partial charge in [0.1, 0.15) is 11.3 Å². The maximum absolute atomic E-state index is 13.3. The van der Waals surface area contributed by atoms with Crippen molar-refractivity contribution in [3.8, 4) is 5.75 Å². The van der Waals surface area contributed by atoms with Crippen molar-refractivity contribution in [3.63, 3.8) is 0 Å². The van der Waals surface area contributed by atoms with Crippen molar-refractivity contribution in [2.24, 2.45) is 0 Å². The molecule has 0 aliphatic carbocycles. The second-order valence-corrected chi connectivity index (χ2v) is 8.19. The van der Waals surface area contributed by atoms with Crippen molar-refractivity contribution in [2.45, 2.75) is 31.3 Å². The number of hydrogen-bond donors (Lipinski definition) is 0. The van der Waals surface area contributed by atoms with Crippen LogP contribution in [0.5, 0.6) is 5.75 Å². The Bertz CT molecular complexity index is 890. The number of carbonyl (C=O) groups is 2. The van der Waals surface area contributed by atoms with E-state index in [1.54, 1.807) is 19.1 Å². The predicted molar refractivity (Wildman–Crippen MR) is 115 cm³/mol. The summed E-state index contributed by atoms with van der Waals surface area (Å²) in [6.07, 6.45) is 2.03.